The first-order valence-electron chi connectivity index (χ1n) is 11.5. The van der Waals surface area contributed by atoms with Crippen LogP contribution < -0.4 is 10.6 Å². The molecule has 33 heavy (non-hydrogen) atoms. The summed E-state index contributed by atoms with van der Waals surface area (Å²) in [5, 5.41) is 14.9. The fraction of sp³-hybridized carbons (Fsp3) is 0.542. The fourth-order valence-electron chi connectivity index (χ4n) is 3.69. The van der Waals surface area contributed by atoms with Crippen LogP contribution in [0.4, 0.5) is 0 Å². The Kier molecular flexibility index (Phi) is 12.4. The molecule has 2 heterocycles. The van der Waals surface area contributed by atoms with Gasteiger partial charge in [-0.25, -0.2) is 4.99 Å². The lowest BCUT2D eigenvalue weighted by molar-refractivity contribution is 0.00534. The number of hydrogen-bond donors (Lipinski definition) is 2. The molecule has 8 nitrogen and oxygen atoms in total. The van der Waals surface area contributed by atoms with Gasteiger partial charge in [-0.1, -0.05) is 36.4 Å². The Hall–Kier alpha value is -1.98. The lowest BCUT2D eigenvalue weighted by atomic mass is 10.1. The first kappa shape index (κ1) is 27.3. The zero-order valence-corrected chi connectivity index (χ0v) is 22.2. The highest BCUT2D eigenvalue weighted by Gasteiger charge is 2.19. The first-order valence-corrected chi connectivity index (χ1v) is 11.5. The fourth-order valence-corrected chi connectivity index (χ4v) is 3.69. The molecular weight excluding hydrogens is 529 g/mol. The number of nitrogens with zero attached hydrogens (tertiary/aromatic N) is 5. The summed E-state index contributed by atoms with van der Waals surface area (Å²) in [7, 11) is 1.95. The van der Waals surface area contributed by atoms with E-state index < -0.39 is 0 Å². The first-order chi connectivity index (χ1) is 15.7. The van der Waals surface area contributed by atoms with Gasteiger partial charge in [-0.2, -0.15) is 0 Å². The van der Waals surface area contributed by atoms with Gasteiger partial charge < -0.3 is 19.9 Å². The molecule has 1 saturated heterocycles. The van der Waals surface area contributed by atoms with Crippen LogP contribution in [0.5, 0.6) is 0 Å². The van der Waals surface area contributed by atoms with Gasteiger partial charge in [-0.15, -0.1) is 40.8 Å². The number of piperidine rings is 1. The summed E-state index contributed by atoms with van der Waals surface area (Å²) in [6.45, 7) is 11.6. The van der Waals surface area contributed by atoms with Crippen molar-refractivity contribution in [1.82, 2.24) is 30.3 Å². The minimum atomic E-state index is 0. The number of rotatable bonds is 11. The van der Waals surface area contributed by atoms with E-state index in [-0.39, 0.29) is 24.0 Å². The topological polar surface area (TPSA) is 79.6 Å². The average molecular weight is 568 g/mol. The molecule has 0 atom stereocenters. The monoisotopic (exact) mass is 567 g/mol. The van der Waals surface area contributed by atoms with Crippen LogP contribution in [0, 0.1) is 6.92 Å². The molecule has 1 aliphatic heterocycles. The molecule has 0 saturated carbocycles. The molecule has 182 valence electrons. The van der Waals surface area contributed by atoms with E-state index in [0.717, 1.165) is 69.7 Å². The van der Waals surface area contributed by atoms with E-state index in [1.807, 2.05) is 24.6 Å². The minimum absolute atomic E-state index is 0. The summed E-state index contributed by atoms with van der Waals surface area (Å²) in [4.78, 5) is 7.13. The van der Waals surface area contributed by atoms with Crippen LogP contribution >= 0.6 is 24.0 Å². The number of hydrogen-bond acceptors (Lipinski definition) is 5. The van der Waals surface area contributed by atoms with Crippen LogP contribution in [0.15, 0.2) is 48.0 Å². The van der Waals surface area contributed by atoms with Gasteiger partial charge in [0.2, 0.25) is 0 Å². The van der Waals surface area contributed by atoms with Crippen LogP contribution in [0.25, 0.3) is 0 Å². The highest BCUT2D eigenvalue weighted by molar-refractivity contribution is 14.0. The third-order valence-electron chi connectivity index (χ3n) is 5.73. The van der Waals surface area contributed by atoms with Crippen molar-refractivity contribution in [3.05, 3.63) is 60.2 Å². The number of likely N-dealkylation sites (tertiary alicyclic amines) is 1. The normalized spacial score (nSPS) is 15.2. The van der Waals surface area contributed by atoms with Crippen LogP contribution in [0.2, 0.25) is 0 Å². The number of benzene rings is 1. The largest absolute Gasteiger partial charge is 0.378 e. The number of aliphatic imine (C=N–C) groups is 1. The number of aromatic nitrogens is 3. The lowest BCUT2D eigenvalue weighted by Crippen LogP contribution is -2.39. The smallest absolute Gasteiger partial charge is 0.191 e. The molecule has 0 bridgehead atoms. The quantitative estimate of drug-likeness (QED) is 0.143. The summed E-state index contributed by atoms with van der Waals surface area (Å²) in [6, 6.07) is 10.7. The Morgan fingerprint density at radius 3 is 2.64 bits per heavy atom. The molecular formula is C24H38IN7O. The highest BCUT2D eigenvalue weighted by atomic mass is 127. The summed E-state index contributed by atoms with van der Waals surface area (Å²) >= 11 is 0. The number of ether oxygens (including phenoxy) is 1. The van der Waals surface area contributed by atoms with Crippen molar-refractivity contribution in [2.24, 2.45) is 12.0 Å². The zero-order valence-electron chi connectivity index (χ0n) is 19.9. The molecule has 3 rings (SSSR count). The van der Waals surface area contributed by atoms with Crippen molar-refractivity contribution in [2.75, 3.05) is 32.8 Å². The van der Waals surface area contributed by atoms with Crippen molar-refractivity contribution in [1.29, 1.82) is 0 Å². The van der Waals surface area contributed by atoms with Gasteiger partial charge in [0.05, 0.1) is 6.10 Å². The average Bonchev–Trinajstić information content (AvgIpc) is 3.14. The van der Waals surface area contributed by atoms with Crippen molar-refractivity contribution in [2.45, 2.75) is 45.4 Å². The molecule has 2 N–H and O–H groups in total. The van der Waals surface area contributed by atoms with E-state index in [9.17, 15) is 0 Å². The summed E-state index contributed by atoms with van der Waals surface area (Å²) in [6.07, 6.45) is 5.32. The van der Waals surface area contributed by atoms with Crippen molar-refractivity contribution >= 4 is 29.9 Å². The maximum Gasteiger partial charge on any atom is 0.191 e. The summed E-state index contributed by atoms with van der Waals surface area (Å²) in [5.41, 5.74) is 1.38. The molecule has 0 aliphatic carbocycles. The third-order valence-corrected chi connectivity index (χ3v) is 5.73. The number of aryl methyl sites for hydroxylation is 1. The molecule has 9 heteroatoms. The van der Waals surface area contributed by atoms with Crippen LogP contribution in [0.1, 0.15) is 36.5 Å². The molecule has 0 spiro atoms. The molecule has 0 unspecified atom stereocenters. The molecule has 2 aromatic rings. The van der Waals surface area contributed by atoms with Gasteiger partial charge in [0.1, 0.15) is 12.4 Å². The van der Waals surface area contributed by atoms with Crippen molar-refractivity contribution < 1.29 is 4.74 Å². The summed E-state index contributed by atoms with van der Waals surface area (Å²) < 4.78 is 8.08. The lowest BCUT2D eigenvalue weighted by Gasteiger charge is -2.32. The third kappa shape index (κ3) is 9.42. The second kappa shape index (κ2) is 15.0. The van der Waals surface area contributed by atoms with Crippen molar-refractivity contribution in [3.8, 4) is 0 Å². The maximum absolute atomic E-state index is 6.13. The highest BCUT2D eigenvalue weighted by Crippen LogP contribution is 2.16. The second-order valence-electron chi connectivity index (χ2n) is 8.17. The van der Waals surface area contributed by atoms with Crippen LogP contribution in [-0.2, 0) is 24.9 Å². The Balaban J connectivity index is 0.00000385. The number of guanidine groups is 1. The van der Waals surface area contributed by atoms with Gasteiger partial charge in [0.15, 0.2) is 11.8 Å². The Labute approximate surface area is 214 Å². The molecule has 0 amide bonds. The molecule has 1 fully saturated rings. The Morgan fingerprint density at radius 1 is 1.21 bits per heavy atom. The molecule has 1 aliphatic rings. The van der Waals surface area contributed by atoms with E-state index >= 15 is 0 Å². The SMILES string of the molecule is C=CCNC(=NCc1nnc(C)n1C)NCCCOC1CCN(Cc2ccccc2)CC1.I. The second-order valence-corrected chi connectivity index (χ2v) is 8.17. The zero-order chi connectivity index (χ0) is 22.6. The van der Waals surface area contributed by atoms with Crippen molar-refractivity contribution in [3.63, 3.8) is 0 Å². The van der Waals surface area contributed by atoms with E-state index in [2.05, 4.69) is 67.6 Å². The van der Waals surface area contributed by atoms with E-state index in [1.165, 1.54) is 5.56 Å². The van der Waals surface area contributed by atoms with E-state index in [4.69, 9.17) is 4.74 Å². The molecule has 1 aromatic heterocycles. The predicted octanol–water partition coefficient (Wildman–Crippen LogP) is 3.03. The maximum atomic E-state index is 6.13. The molecule has 0 radical (unpaired) electrons. The van der Waals surface area contributed by atoms with Crippen LogP contribution in [-0.4, -0.2) is 64.5 Å². The van der Waals surface area contributed by atoms with E-state index in [1.54, 1.807) is 0 Å². The Bertz CT molecular complexity index is 848. The minimum Gasteiger partial charge on any atom is -0.378 e. The van der Waals surface area contributed by atoms with Crippen LogP contribution in [0.3, 0.4) is 0 Å². The Morgan fingerprint density at radius 2 is 1.97 bits per heavy atom. The molecule has 1 aromatic carbocycles. The van der Waals surface area contributed by atoms with Gasteiger partial charge in [0, 0.05) is 46.4 Å². The number of nitrogens with one attached hydrogen (secondary N) is 2. The predicted molar refractivity (Wildman–Crippen MR) is 144 cm³/mol. The standard InChI is InChI=1S/C24H37N7O.HI/c1-4-13-25-24(27-18-23-29-28-20(2)30(23)3)26-14-8-17-32-22-11-15-31(16-12-22)19-21-9-6-5-7-10-21;/h4-7,9-10,22H,1,8,11-19H2,2-3H3,(H2,25,26,27);1H. The van der Waals surface area contributed by atoms with Gasteiger partial charge in [-0.3, -0.25) is 4.90 Å². The van der Waals surface area contributed by atoms with Gasteiger partial charge >= 0.3 is 0 Å². The van der Waals surface area contributed by atoms with Gasteiger partial charge in [-0.05, 0) is 31.7 Å². The van der Waals surface area contributed by atoms with Gasteiger partial charge in [0.25, 0.3) is 0 Å². The van der Waals surface area contributed by atoms with E-state index in [0.29, 0.717) is 19.2 Å². The summed E-state index contributed by atoms with van der Waals surface area (Å²) in [5.74, 6) is 2.47. The number of halogens is 1.